The molecule has 2 aromatic rings. The normalized spacial score (nSPS) is 10.4. The summed E-state index contributed by atoms with van der Waals surface area (Å²) in [5.41, 5.74) is 2.48. The van der Waals surface area contributed by atoms with Crippen LogP contribution in [0.4, 0.5) is 15.8 Å². The van der Waals surface area contributed by atoms with Crippen LogP contribution in [0.15, 0.2) is 42.5 Å². The van der Waals surface area contributed by atoms with Crippen LogP contribution in [0.2, 0.25) is 5.02 Å². The van der Waals surface area contributed by atoms with Gasteiger partial charge in [0, 0.05) is 23.1 Å². The standard InChI is InChI=1S/C14H12BrClFN/c1-18(13-5-3-2-4-12(13)17)14-8-11(16)7-6-10(14)9-15/h2-8H,9H2,1H3. The molecule has 0 spiro atoms. The van der Waals surface area contributed by atoms with Gasteiger partial charge < -0.3 is 4.90 Å². The molecular weight excluding hydrogens is 317 g/mol. The van der Waals surface area contributed by atoms with Gasteiger partial charge in [0.15, 0.2) is 0 Å². The quantitative estimate of drug-likeness (QED) is 0.705. The van der Waals surface area contributed by atoms with Crippen molar-refractivity contribution in [1.29, 1.82) is 0 Å². The van der Waals surface area contributed by atoms with Gasteiger partial charge in [0.2, 0.25) is 0 Å². The van der Waals surface area contributed by atoms with E-state index in [2.05, 4.69) is 15.9 Å². The molecule has 0 heterocycles. The van der Waals surface area contributed by atoms with Crippen molar-refractivity contribution in [2.45, 2.75) is 5.33 Å². The number of benzene rings is 2. The summed E-state index contributed by atoms with van der Waals surface area (Å²) in [6.07, 6.45) is 0. The van der Waals surface area contributed by atoms with Gasteiger partial charge in [-0.05, 0) is 29.8 Å². The molecule has 0 saturated carbocycles. The van der Waals surface area contributed by atoms with Crippen molar-refractivity contribution in [2.75, 3.05) is 11.9 Å². The Balaban J connectivity index is 2.48. The predicted octanol–water partition coefficient (Wildman–Crippen LogP) is 5.14. The lowest BCUT2D eigenvalue weighted by Gasteiger charge is -2.22. The fourth-order valence-electron chi connectivity index (χ4n) is 1.82. The van der Waals surface area contributed by atoms with Gasteiger partial charge in [-0.15, -0.1) is 0 Å². The third-order valence-corrected chi connectivity index (χ3v) is 3.61. The molecule has 4 heteroatoms. The molecule has 0 aliphatic carbocycles. The Morgan fingerprint density at radius 2 is 1.89 bits per heavy atom. The zero-order valence-electron chi connectivity index (χ0n) is 9.83. The number of para-hydroxylation sites is 1. The number of alkyl halides is 1. The minimum Gasteiger partial charge on any atom is -0.342 e. The number of halogens is 3. The van der Waals surface area contributed by atoms with Crippen LogP contribution in [0, 0.1) is 5.82 Å². The average molecular weight is 329 g/mol. The summed E-state index contributed by atoms with van der Waals surface area (Å²) in [6, 6.07) is 12.3. The maximum atomic E-state index is 13.8. The predicted molar refractivity (Wildman–Crippen MR) is 78.5 cm³/mol. The molecule has 0 aliphatic rings. The minimum atomic E-state index is -0.250. The number of nitrogens with zero attached hydrogens (tertiary/aromatic N) is 1. The molecule has 94 valence electrons. The van der Waals surface area contributed by atoms with E-state index in [0.717, 1.165) is 11.3 Å². The molecule has 0 unspecified atom stereocenters. The van der Waals surface area contributed by atoms with E-state index in [0.29, 0.717) is 16.0 Å². The average Bonchev–Trinajstić information content (AvgIpc) is 2.38. The highest BCUT2D eigenvalue weighted by molar-refractivity contribution is 9.08. The van der Waals surface area contributed by atoms with E-state index < -0.39 is 0 Å². The van der Waals surface area contributed by atoms with Gasteiger partial charge in [-0.3, -0.25) is 0 Å². The van der Waals surface area contributed by atoms with E-state index in [9.17, 15) is 4.39 Å². The molecule has 2 rings (SSSR count). The second-order valence-corrected chi connectivity index (χ2v) is 4.91. The molecule has 1 nitrogen and oxygen atoms in total. The van der Waals surface area contributed by atoms with Crippen LogP contribution in [-0.4, -0.2) is 7.05 Å². The number of hydrogen-bond donors (Lipinski definition) is 0. The fourth-order valence-corrected chi connectivity index (χ4v) is 2.46. The van der Waals surface area contributed by atoms with Crippen LogP contribution in [0.5, 0.6) is 0 Å². The smallest absolute Gasteiger partial charge is 0.146 e. The van der Waals surface area contributed by atoms with Gasteiger partial charge in [0.25, 0.3) is 0 Å². The Labute approximate surface area is 119 Å². The second kappa shape index (κ2) is 5.72. The summed E-state index contributed by atoms with van der Waals surface area (Å²) < 4.78 is 13.8. The Hall–Kier alpha value is -1.06. The Morgan fingerprint density at radius 1 is 1.17 bits per heavy atom. The largest absolute Gasteiger partial charge is 0.342 e. The van der Waals surface area contributed by atoms with Gasteiger partial charge in [0.05, 0.1) is 5.69 Å². The first-order valence-electron chi connectivity index (χ1n) is 5.46. The first-order chi connectivity index (χ1) is 8.63. The first kappa shape index (κ1) is 13.4. The van der Waals surface area contributed by atoms with E-state index in [4.69, 9.17) is 11.6 Å². The van der Waals surface area contributed by atoms with Crippen molar-refractivity contribution in [1.82, 2.24) is 0 Å². The maximum Gasteiger partial charge on any atom is 0.146 e. The molecule has 0 bridgehead atoms. The van der Waals surface area contributed by atoms with E-state index in [1.54, 1.807) is 17.0 Å². The molecule has 2 aromatic carbocycles. The first-order valence-corrected chi connectivity index (χ1v) is 6.96. The SMILES string of the molecule is CN(c1ccccc1F)c1cc(Cl)ccc1CBr. The Morgan fingerprint density at radius 3 is 2.56 bits per heavy atom. The molecule has 0 saturated heterocycles. The van der Waals surface area contributed by atoms with Gasteiger partial charge >= 0.3 is 0 Å². The zero-order chi connectivity index (χ0) is 13.1. The molecule has 0 aromatic heterocycles. The van der Waals surface area contributed by atoms with Crippen LogP contribution in [0.25, 0.3) is 0 Å². The van der Waals surface area contributed by atoms with Crippen molar-refractivity contribution in [2.24, 2.45) is 0 Å². The summed E-state index contributed by atoms with van der Waals surface area (Å²) in [7, 11) is 1.83. The van der Waals surface area contributed by atoms with Crippen LogP contribution in [-0.2, 0) is 5.33 Å². The van der Waals surface area contributed by atoms with Gasteiger partial charge in [-0.2, -0.15) is 0 Å². The van der Waals surface area contributed by atoms with Gasteiger partial charge in [-0.1, -0.05) is 45.7 Å². The fraction of sp³-hybridized carbons (Fsp3) is 0.143. The van der Waals surface area contributed by atoms with Gasteiger partial charge in [0.1, 0.15) is 5.82 Å². The summed E-state index contributed by atoms with van der Waals surface area (Å²) in [6.45, 7) is 0. The van der Waals surface area contributed by atoms with E-state index >= 15 is 0 Å². The van der Waals surface area contributed by atoms with Crippen LogP contribution >= 0.6 is 27.5 Å². The van der Waals surface area contributed by atoms with Gasteiger partial charge in [-0.25, -0.2) is 4.39 Å². The van der Waals surface area contributed by atoms with Crippen molar-refractivity contribution < 1.29 is 4.39 Å². The van der Waals surface area contributed by atoms with Crippen molar-refractivity contribution >= 4 is 38.9 Å². The van der Waals surface area contributed by atoms with Crippen LogP contribution < -0.4 is 4.90 Å². The molecule has 0 N–H and O–H groups in total. The zero-order valence-corrected chi connectivity index (χ0v) is 12.2. The highest BCUT2D eigenvalue weighted by atomic mass is 79.9. The molecule has 0 aliphatic heterocycles. The molecular formula is C14H12BrClFN. The Bertz CT molecular complexity index is 559. The lowest BCUT2D eigenvalue weighted by molar-refractivity contribution is 0.627. The van der Waals surface area contributed by atoms with E-state index in [-0.39, 0.29) is 5.82 Å². The molecule has 0 atom stereocenters. The topological polar surface area (TPSA) is 3.24 Å². The van der Waals surface area contributed by atoms with Crippen LogP contribution in [0.1, 0.15) is 5.56 Å². The third kappa shape index (κ3) is 2.68. The summed E-state index contributed by atoms with van der Waals surface area (Å²) in [4.78, 5) is 1.80. The highest BCUT2D eigenvalue weighted by Crippen LogP contribution is 2.32. The third-order valence-electron chi connectivity index (χ3n) is 2.77. The molecule has 0 radical (unpaired) electrons. The number of rotatable bonds is 3. The Kier molecular flexibility index (Phi) is 4.25. The van der Waals surface area contributed by atoms with Crippen molar-refractivity contribution in [3.63, 3.8) is 0 Å². The van der Waals surface area contributed by atoms with Crippen molar-refractivity contribution in [3.8, 4) is 0 Å². The lowest BCUT2D eigenvalue weighted by atomic mass is 10.1. The number of hydrogen-bond acceptors (Lipinski definition) is 1. The summed E-state index contributed by atoms with van der Waals surface area (Å²) in [5, 5.41) is 1.33. The maximum absolute atomic E-state index is 13.8. The minimum absolute atomic E-state index is 0.250. The van der Waals surface area contributed by atoms with Crippen molar-refractivity contribution in [3.05, 3.63) is 58.9 Å². The van der Waals surface area contributed by atoms with E-state index in [1.165, 1.54) is 6.07 Å². The second-order valence-electron chi connectivity index (χ2n) is 3.92. The monoisotopic (exact) mass is 327 g/mol. The highest BCUT2D eigenvalue weighted by Gasteiger charge is 2.12. The van der Waals surface area contributed by atoms with Crippen LogP contribution in [0.3, 0.4) is 0 Å². The molecule has 0 amide bonds. The summed E-state index contributed by atoms with van der Waals surface area (Å²) in [5.74, 6) is -0.250. The summed E-state index contributed by atoms with van der Waals surface area (Å²) >= 11 is 9.44. The number of anilines is 2. The molecule has 18 heavy (non-hydrogen) atoms. The van der Waals surface area contributed by atoms with E-state index in [1.807, 2.05) is 31.3 Å². The lowest BCUT2D eigenvalue weighted by Crippen LogP contribution is -2.13. The molecule has 0 fully saturated rings.